The van der Waals surface area contributed by atoms with Crippen molar-refractivity contribution in [3.8, 4) is 0 Å². The average molecular weight is 311 g/mol. The van der Waals surface area contributed by atoms with Gasteiger partial charge in [-0.1, -0.05) is 32.0 Å². The average Bonchev–Trinajstić information content (AvgIpc) is 2.75. The number of aryl methyl sites for hydroxylation is 2. The van der Waals surface area contributed by atoms with Crippen LogP contribution in [-0.4, -0.2) is 16.7 Å². The minimum atomic E-state index is -0.185. The SMILES string of the molecule is Cc1ccccc1C(=O)N/N=C\c1cc(C)n(CC(C)C)c1C. The number of carbonyl (C=O) groups excluding carboxylic acids is 1. The third-order valence-corrected chi connectivity index (χ3v) is 3.92. The summed E-state index contributed by atoms with van der Waals surface area (Å²) in [6, 6.07) is 9.58. The molecule has 122 valence electrons. The summed E-state index contributed by atoms with van der Waals surface area (Å²) in [6.07, 6.45) is 1.72. The van der Waals surface area contributed by atoms with E-state index in [9.17, 15) is 4.79 Å². The monoisotopic (exact) mass is 311 g/mol. The van der Waals surface area contributed by atoms with Crippen molar-refractivity contribution in [2.75, 3.05) is 0 Å². The van der Waals surface area contributed by atoms with Crippen molar-refractivity contribution in [3.63, 3.8) is 0 Å². The summed E-state index contributed by atoms with van der Waals surface area (Å²) in [5.41, 5.74) is 7.61. The van der Waals surface area contributed by atoms with E-state index >= 15 is 0 Å². The van der Waals surface area contributed by atoms with E-state index in [4.69, 9.17) is 0 Å². The van der Waals surface area contributed by atoms with E-state index in [1.54, 1.807) is 12.3 Å². The number of hydrogen-bond acceptors (Lipinski definition) is 2. The van der Waals surface area contributed by atoms with Gasteiger partial charge in [-0.25, -0.2) is 5.43 Å². The van der Waals surface area contributed by atoms with Gasteiger partial charge in [-0.05, 0) is 44.4 Å². The molecule has 0 radical (unpaired) electrons. The quantitative estimate of drug-likeness (QED) is 0.662. The summed E-state index contributed by atoms with van der Waals surface area (Å²) < 4.78 is 2.29. The predicted molar refractivity (Wildman–Crippen MR) is 95.0 cm³/mol. The first-order valence-electron chi connectivity index (χ1n) is 7.96. The van der Waals surface area contributed by atoms with Crippen molar-refractivity contribution in [2.45, 2.75) is 41.2 Å². The lowest BCUT2D eigenvalue weighted by Gasteiger charge is -2.11. The Bertz CT molecular complexity index is 726. The van der Waals surface area contributed by atoms with Gasteiger partial charge in [0.2, 0.25) is 0 Å². The number of nitrogens with zero attached hydrogens (tertiary/aromatic N) is 2. The van der Waals surface area contributed by atoms with E-state index in [0.717, 1.165) is 17.7 Å². The zero-order valence-electron chi connectivity index (χ0n) is 14.6. The summed E-state index contributed by atoms with van der Waals surface area (Å²) in [4.78, 5) is 12.1. The van der Waals surface area contributed by atoms with Crippen LogP contribution in [0.25, 0.3) is 0 Å². The number of hydrogen-bond donors (Lipinski definition) is 1. The lowest BCUT2D eigenvalue weighted by Crippen LogP contribution is -2.18. The molecule has 2 aromatic rings. The van der Waals surface area contributed by atoms with Crippen molar-refractivity contribution in [3.05, 3.63) is 58.4 Å². The Balaban J connectivity index is 2.09. The topological polar surface area (TPSA) is 46.4 Å². The Kier molecular flexibility index (Phi) is 5.37. The van der Waals surface area contributed by atoms with Crippen LogP contribution in [0.1, 0.15) is 46.7 Å². The molecule has 0 saturated heterocycles. The van der Waals surface area contributed by atoms with Crippen molar-refractivity contribution in [1.29, 1.82) is 0 Å². The molecule has 1 aromatic carbocycles. The summed E-state index contributed by atoms with van der Waals surface area (Å²) in [6.45, 7) is 11.5. The molecule has 0 fully saturated rings. The molecule has 0 bridgehead atoms. The Morgan fingerprint density at radius 3 is 2.61 bits per heavy atom. The second-order valence-corrected chi connectivity index (χ2v) is 6.34. The standard InChI is InChI=1S/C19H25N3O/c1-13(2)12-22-15(4)10-17(16(22)5)11-20-21-19(23)18-9-7-6-8-14(18)3/h6-11,13H,12H2,1-5H3,(H,21,23)/b20-11-. The van der Waals surface area contributed by atoms with Gasteiger partial charge in [0, 0.05) is 29.1 Å². The highest BCUT2D eigenvalue weighted by Gasteiger charge is 2.09. The van der Waals surface area contributed by atoms with E-state index in [2.05, 4.69) is 48.9 Å². The van der Waals surface area contributed by atoms with Gasteiger partial charge < -0.3 is 4.57 Å². The summed E-state index contributed by atoms with van der Waals surface area (Å²) in [5, 5.41) is 4.12. The molecular weight excluding hydrogens is 286 g/mol. The van der Waals surface area contributed by atoms with Crippen molar-refractivity contribution in [1.82, 2.24) is 9.99 Å². The number of nitrogens with one attached hydrogen (secondary N) is 1. The van der Waals surface area contributed by atoms with E-state index in [1.807, 2.05) is 25.1 Å². The number of carbonyl (C=O) groups is 1. The summed E-state index contributed by atoms with van der Waals surface area (Å²) >= 11 is 0. The van der Waals surface area contributed by atoms with Crippen LogP contribution in [0.2, 0.25) is 0 Å². The molecule has 0 saturated carbocycles. The molecule has 2 rings (SSSR count). The molecule has 0 spiro atoms. The van der Waals surface area contributed by atoms with Crippen molar-refractivity contribution < 1.29 is 4.79 Å². The highest BCUT2D eigenvalue weighted by molar-refractivity contribution is 5.96. The molecule has 1 heterocycles. The second-order valence-electron chi connectivity index (χ2n) is 6.34. The fourth-order valence-electron chi connectivity index (χ4n) is 2.65. The van der Waals surface area contributed by atoms with Crippen molar-refractivity contribution in [2.24, 2.45) is 11.0 Å². The molecule has 1 N–H and O–H groups in total. The van der Waals surface area contributed by atoms with E-state index < -0.39 is 0 Å². The van der Waals surface area contributed by atoms with Gasteiger partial charge in [0.15, 0.2) is 0 Å². The first kappa shape index (κ1) is 17.0. The van der Waals surface area contributed by atoms with Gasteiger partial charge in [0.05, 0.1) is 6.21 Å². The molecule has 1 amide bonds. The minimum Gasteiger partial charge on any atom is -0.348 e. The summed E-state index contributed by atoms with van der Waals surface area (Å²) in [5.74, 6) is 0.403. The van der Waals surface area contributed by atoms with Gasteiger partial charge in [-0.15, -0.1) is 0 Å². The van der Waals surface area contributed by atoms with Gasteiger partial charge in [0.1, 0.15) is 0 Å². The molecule has 0 aliphatic carbocycles. The van der Waals surface area contributed by atoms with Crippen LogP contribution in [0, 0.1) is 26.7 Å². The molecule has 0 atom stereocenters. The van der Waals surface area contributed by atoms with Crippen LogP contribution in [0.3, 0.4) is 0 Å². The molecular formula is C19H25N3O. The zero-order valence-corrected chi connectivity index (χ0v) is 14.6. The first-order chi connectivity index (χ1) is 10.9. The highest BCUT2D eigenvalue weighted by Crippen LogP contribution is 2.15. The lowest BCUT2D eigenvalue weighted by atomic mass is 10.1. The molecule has 23 heavy (non-hydrogen) atoms. The number of hydrazone groups is 1. The van der Waals surface area contributed by atoms with E-state index in [1.165, 1.54) is 11.4 Å². The zero-order chi connectivity index (χ0) is 17.0. The van der Waals surface area contributed by atoms with E-state index in [0.29, 0.717) is 11.5 Å². The molecule has 0 aliphatic heterocycles. The molecule has 0 aliphatic rings. The smallest absolute Gasteiger partial charge is 0.271 e. The number of aromatic nitrogens is 1. The van der Waals surface area contributed by atoms with Crippen LogP contribution < -0.4 is 5.43 Å². The largest absolute Gasteiger partial charge is 0.348 e. The Hall–Kier alpha value is -2.36. The molecule has 4 heteroatoms. The molecule has 0 unspecified atom stereocenters. The third kappa shape index (κ3) is 4.09. The van der Waals surface area contributed by atoms with Gasteiger partial charge in [-0.2, -0.15) is 5.10 Å². The third-order valence-electron chi connectivity index (χ3n) is 3.92. The lowest BCUT2D eigenvalue weighted by molar-refractivity contribution is 0.0954. The van der Waals surface area contributed by atoms with Crippen LogP contribution >= 0.6 is 0 Å². The Morgan fingerprint density at radius 1 is 1.26 bits per heavy atom. The van der Waals surface area contributed by atoms with Gasteiger partial charge in [-0.3, -0.25) is 4.79 Å². The number of amides is 1. The summed E-state index contributed by atoms with van der Waals surface area (Å²) in [7, 11) is 0. The van der Waals surface area contributed by atoms with Crippen molar-refractivity contribution >= 4 is 12.1 Å². The van der Waals surface area contributed by atoms with Crippen LogP contribution in [0.15, 0.2) is 35.4 Å². The van der Waals surface area contributed by atoms with Crippen LogP contribution in [-0.2, 0) is 6.54 Å². The number of rotatable bonds is 5. The van der Waals surface area contributed by atoms with E-state index in [-0.39, 0.29) is 5.91 Å². The minimum absolute atomic E-state index is 0.185. The molecule has 1 aromatic heterocycles. The maximum Gasteiger partial charge on any atom is 0.271 e. The van der Waals surface area contributed by atoms with Gasteiger partial charge >= 0.3 is 0 Å². The molecule has 4 nitrogen and oxygen atoms in total. The van der Waals surface area contributed by atoms with Crippen LogP contribution in [0.5, 0.6) is 0 Å². The van der Waals surface area contributed by atoms with Crippen LogP contribution in [0.4, 0.5) is 0 Å². The Morgan fingerprint density at radius 2 is 1.96 bits per heavy atom. The van der Waals surface area contributed by atoms with Gasteiger partial charge in [0.25, 0.3) is 5.91 Å². The maximum atomic E-state index is 12.1. The maximum absolute atomic E-state index is 12.1. The Labute approximate surface area is 138 Å². The second kappa shape index (κ2) is 7.27. The number of benzene rings is 1. The predicted octanol–water partition coefficient (Wildman–Crippen LogP) is 3.83. The fraction of sp³-hybridized carbons (Fsp3) is 0.368. The fourth-order valence-corrected chi connectivity index (χ4v) is 2.65. The first-order valence-corrected chi connectivity index (χ1v) is 7.96. The highest BCUT2D eigenvalue weighted by atomic mass is 16.2. The normalized spacial score (nSPS) is 11.4.